The molecular formula is C17H22ClN3. The monoisotopic (exact) mass is 303 g/mol. The first kappa shape index (κ1) is 14.6. The summed E-state index contributed by atoms with van der Waals surface area (Å²) in [4.78, 5) is 0. The van der Waals surface area contributed by atoms with Crippen LogP contribution in [-0.4, -0.2) is 16.3 Å². The number of nitrogens with zero attached hydrogens (tertiary/aromatic N) is 2. The summed E-state index contributed by atoms with van der Waals surface area (Å²) >= 11 is 6.27. The first-order chi connectivity index (χ1) is 10.2. The van der Waals surface area contributed by atoms with E-state index in [-0.39, 0.29) is 0 Å². The van der Waals surface area contributed by atoms with E-state index in [4.69, 9.17) is 11.6 Å². The highest BCUT2D eigenvalue weighted by molar-refractivity contribution is 6.31. The summed E-state index contributed by atoms with van der Waals surface area (Å²) in [6.45, 7) is 5.18. The summed E-state index contributed by atoms with van der Waals surface area (Å²) < 4.78 is 2.07. The van der Waals surface area contributed by atoms with E-state index in [2.05, 4.69) is 34.2 Å². The van der Waals surface area contributed by atoms with Crippen molar-refractivity contribution in [2.45, 2.75) is 45.6 Å². The molecule has 0 spiro atoms. The minimum absolute atomic E-state index is 0.433. The third-order valence-corrected chi connectivity index (χ3v) is 4.69. The van der Waals surface area contributed by atoms with Crippen LogP contribution in [-0.2, 0) is 6.42 Å². The standard InChI is InChI=1S/C17H22ClN3/c1-3-19-16-6-4-5-7-17-14(16)11-20-21(17)13-9-8-12(2)15(18)10-13/h8-11,16,19H,3-7H2,1-2H3. The number of hydrogen-bond donors (Lipinski definition) is 1. The largest absolute Gasteiger partial charge is 0.310 e. The van der Waals surface area contributed by atoms with E-state index in [1.54, 1.807) is 0 Å². The number of rotatable bonds is 3. The molecule has 1 heterocycles. The van der Waals surface area contributed by atoms with Crippen LogP contribution < -0.4 is 5.32 Å². The van der Waals surface area contributed by atoms with E-state index in [1.165, 1.54) is 30.5 Å². The molecule has 2 aromatic rings. The molecule has 4 heteroatoms. The number of halogens is 1. The maximum Gasteiger partial charge on any atom is 0.0663 e. The third-order valence-electron chi connectivity index (χ3n) is 4.28. The SMILES string of the molecule is CCNC1CCCCc2c1cnn2-c1ccc(C)c(Cl)c1. The van der Waals surface area contributed by atoms with E-state index < -0.39 is 0 Å². The predicted octanol–water partition coefficient (Wildman–Crippen LogP) is 4.21. The number of hydrogen-bond acceptors (Lipinski definition) is 2. The van der Waals surface area contributed by atoms with Gasteiger partial charge in [-0.2, -0.15) is 5.10 Å². The Morgan fingerprint density at radius 1 is 1.38 bits per heavy atom. The lowest BCUT2D eigenvalue weighted by molar-refractivity contribution is 0.503. The van der Waals surface area contributed by atoms with Crippen LogP contribution in [0, 0.1) is 6.92 Å². The lowest BCUT2D eigenvalue weighted by Gasteiger charge is -2.15. The van der Waals surface area contributed by atoms with Gasteiger partial charge < -0.3 is 5.32 Å². The molecule has 0 amide bonds. The van der Waals surface area contributed by atoms with Gasteiger partial charge in [-0.1, -0.05) is 31.0 Å². The average Bonchev–Trinajstić information content (AvgIpc) is 2.79. The zero-order valence-electron chi connectivity index (χ0n) is 12.7. The van der Waals surface area contributed by atoms with Crippen molar-refractivity contribution in [3.8, 4) is 5.69 Å². The van der Waals surface area contributed by atoms with Gasteiger partial charge in [0.25, 0.3) is 0 Å². The van der Waals surface area contributed by atoms with Gasteiger partial charge in [0.05, 0.1) is 11.9 Å². The number of benzene rings is 1. The molecule has 0 saturated heterocycles. The van der Waals surface area contributed by atoms with Gasteiger partial charge in [-0.05, 0) is 50.4 Å². The van der Waals surface area contributed by atoms with Crippen molar-refractivity contribution in [3.63, 3.8) is 0 Å². The average molecular weight is 304 g/mol. The number of fused-ring (bicyclic) bond motifs is 1. The Kier molecular flexibility index (Phi) is 4.32. The zero-order chi connectivity index (χ0) is 14.8. The molecule has 1 unspecified atom stereocenters. The van der Waals surface area contributed by atoms with Crippen LogP contribution in [0.3, 0.4) is 0 Å². The molecule has 0 radical (unpaired) electrons. The Hall–Kier alpha value is -1.32. The van der Waals surface area contributed by atoms with Crippen molar-refractivity contribution in [1.29, 1.82) is 0 Å². The van der Waals surface area contributed by atoms with Crippen molar-refractivity contribution in [2.24, 2.45) is 0 Å². The molecule has 21 heavy (non-hydrogen) atoms. The fourth-order valence-electron chi connectivity index (χ4n) is 3.12. The highest BCUT2D eigenvalue weighted by atomic mass is 35.5. The molecule has 1 aliphatic carbocycles. The van der Waals surface area contributed by atoms with Gasteiger partial charge >= 0.3 is 0 Å². The highest BCUT2D eigenvalue weighted by Crippen LogP contribution is 2.30. The normalized spacial score (nSPS) is 18.3. The first-order valence-corrected chi connectivity index (χ1v) is 8.15. The van der Waals surface area contributed by atoms with Crippen LogP contribution in [0.15, 0.2) is 24.4 Å². The fraction of sp³-hybridized carbons (Fsp3) is 0.471. The molecule has 3 nitrogen and oxygen atoms in total. The molecule has 0 fully saturated rings. The topological polar surface area (TPSA) is 29.9 Å². The fourth-order valence-corrected chi connectivity index (χ4v) is 3.29. The van der Waals surface area contributed by atoms with Gasteiger partial charge in [0.1, 0.15) is 0 Å². The molecule has 0 saturated carbocycles. The Labute approximate surface area is 131 Å². The quantitative estimate of drug-likeness (QED) is 0.861. The maximum absolute atomic E-state index is 6.27. The molecule has 0 bridgehead atoms. The molecule has 1 aromatic heterocycles. The maximum atomic E-state index is 6.27. The van der Waals surface area contributed by atoms with Crippen molar-refractivity contribution in [2.75, 3.05) is 6.54 Å². The smallest absolute Gasteiger partial charge is 0.0663 e. The van der Waals surface area contributed by atoms with Gasteiger partial charge in [-0.25, -0.2) is 4.68 Å². The van der Waals surface area contributed by atoms with Crippen molar-refractivity contribution in [3.05, 3.63) is 46.2 Å². The van der Waals surface area contributed by atoms with Crippen LogP contribution in [0.5, 0.6) is 0 Å². The van der Waals surface area contributed by atoms with Crippen LogP contribution in [0.1, 0.15) is 49.0 Å². The van der Waals surface area contributed by atoms with E-state index >= 15 is 0 Å². The van der Waals surface area contributed by atoms with Crippen molar-refractivity contribution in [1.82, 2.24) is 15.1 Å². The third kappa shape index (κ3) is 2.85. The molecule has 0 aliphatic heterocycles. The summed E-state index contributed by atoms with van der Waals surface area (Å²) in [5, 5.41) is 9.02. The van der Waals surface area contributed by atoms with E-state index in [1.807, 2.05) is 19.2 Å². The van der Waals surface area contributed by atoms with Gasteiger partial charge in [0, 0.05) is 22.3 Å². The van der Waals surface area contributed by atoms with E-state index in [9.17, 15) is 0 Å². The summed E-state index contributed by atoms with van der Waals surface area (Å²) in [6.07, 6.45) is 6.80. The summed E-state index contributed by atoms with van der Waals surface area (Å²) in [7, 11) is 0. The molecule has 1 aliphatic rings. The van der Waals surface area contributed by atoms with Crippen molar-refractivity contribution < 1.29 is 0 Å². The second-order valence-corrected chi connectivity index (χ2v) is 6.16. The van der Waals surface area contributed by atoms with E-state index in [0.29, 0.717) is 6.04 Å². The van der Waals surface area contributed by atoms with Gasteiger partial charge in [-0.15, -0.1) is 0 Å². The highest BCUT2D eigenvalue weighted by Gasteiger charge is 2.22. The van der Waals surface area contributed by atoms with Crippen LogP contribution in [0.4, 0.5) is 0 Å². The van der Waals surface area contributed by atoms with Crippen LogP contribution >= 0.6 is 11.6 Å². The summed E-state index contributed by atoms with van der Waals surface area (Å²) in [6, 6.07) is 6.60. The zero-order valence-corrected chi connectivity index (χ0v) is 13.5. The minimum Gasteiger partial charge on any atom is -0.310 e. The molecule has 3 rings (SSSR count). The number of aromatic nitrogens is 2. The second kappa shape index (κ2) is 6.20. The Bertz CT molecular complexity index is 633. The molecular weight excluding hydrogens is 282 g/mol. The first-order valence-electron chi connectivity index (χ1n) is 7.77. The Morgan fingerprint density at radius 3 is 3.00 bits per heavy atom. The van der Waals surface area contributed by atoms with Gasteiger partial charge in [0.15, 0.2) is 0 Å². The molecule has 1 atom stereocenters. The lowest BCUT2D eigenvalue weighted by Crippen LogP contribution is -2.20. The Balaban J connectivity index is 2.03. The summed E-state index contributed by atoms with van der Waals surface area (Å²) in [5.41, 5.74) is 4.85. The minimum atomic E-state index is 0.433. The predicted molar refractivity (Wildman–Crippen MR) is 87.3 cm³/mol. The summed E-state index contributed by atoms with van der Waals surface area (Å²) in [5.74, 6) is 0. The van der Waals surface area contributed by atoms with Gasteiger partial charge in [0.2, 0.25) is 0 Å². The number of nitrogens with one attached hydrogen (secondary N) is 1. The number of aryl methyl sites for hydroxylation is 1. The van der Waals surface area contributed by atoms with Crippen LogP contribution in [0.25, 0.3) is 5.69 Å². The molecule has 1 N–H and O–H groups in total. The molecule has 1 aromatic carbocycles. The van der Waals surface area contributed by atoms with Crippen molar-refractivity contribution >= 4 is 11.6 Å². The lowest BCUT2D eigenvalue weighted by atomic mass is 10.1. The van der Waals surface area contributed by atoms with E-state index in [0.717, 1.165) is 29.2 Å². The molecule has 112 valence electrons. The van der Waals surface area contributed by atoms with Gasteiger partial charge in [-0.3, -0.25) is 0 Å². The second-order valence-electron chi connectivity index (χ2n) is 5.75. The van der Waals surface area contributed by atoms with Crippen LogP contribution in [0.2, 0.25) is 5.02 Å². The Morgan fingerprint density at radius 2 is 2.24 bits per heavy atom.